The van der Waals surface area contributed by atoms with Crippen LogP contribution in [0.5, 0.6) is 11.5 Å². The number of hydrogen-bond acceptors (Lipinski definition) is 3. The molecule has 5 nitrogen and oxygen atoms in total. The van der Waals surface area contributed by atoms with Crippen LogP contribution in [-0.4, -0.2) is 25.8 Å². The molecule has 2 aromatic carbocycles. The van der Waals surface area contributed by atoms with Crippen LogP contribution in [0.2, 0.25) is 5.02 Å². The van der Waals surface area contributed by atoms with Crippen molar-refractivity contribution in [2.24, 2.45) is 0 Å². The Bertz CT molecular complexity index is 848. The number of hydrogen-bond donors (Lipinski definition) is 2. The minimum absolute atomic E-state index is 0.367. The molecule has 0 spiro atoms. The molecule has 2 N–H and O–H groups in total. The lowest BCUT2D eigenvalue weighted by atomic mass is 10.1. The van der Waals surface area contributed by atoms with Gasteiger partial charge in [-0.1, -0.05) is 17.7 Å². The van der Waals surface area contributed by atoms with E-state index in [0.717, 1.165) is 17.7 Å². The van der Waals surface area contributed by atoms with E-state index < -0.39 is 23.7 Å². The molecular formula is C19H19ClF2N2O3. The Morgan fingerprint density at radius 1 is 1.19 bits per heavy atom. The smallest absolute Gasteiger partial charge is 0.315 e. The van der Waals surface area contributed by atoms with Gasteiger partial charge in [0, 0.05) is 6.54 Å². The van der Waals surface area contributed by atoms with Crippen LogP contribution in [0.1, 0.15) is 24.1 Å². The number of urea groups is 1. The van der Waals surface area contributed by atoms with E-state index >= 15 is 0 Å². The molecule has 8 heteroatoms. The Morgan fingerprint density at radius 2 is 1.96 bits per heavy atom. The van der Waals surface area contributed by atoms with E-state index in [1.165, 1.54) is 6.07 Å². The summed E-state index contributed by atoms with van der Waals surface area (Å²) in [6.07, 6.45) is 0.545. The van der Waals surface area contributed by atoms with Crippen LogP contribution in [0.3, 0.4) is 0 Å². The highest BCUT2D eigenvalue weighted by molar-refractivity contribution is 6.32. The summed E-state index contributed by atoms with van der Waals surface area (Å²) in [7, 11) is 0. The highest BCUT2D eigenvalue weighted by atomic mass is 35.5. The molecule has 2 amide bonds. The summed E-state index contributed by atoms with van der Waals surface area (Å²) in [5.41, 5.74) is 1.38. The van der Waals surface area contributed by atoms with Gasteiger partial charge in [0.25, 0.3) is 0 Å². The summed E-state index contributed by atoms with van der Waals surface area (Å²) in [4.78, 5) is 12.0. The topological polar surface area (TPSA) is 59.6 Å². The molecule has 3 rings (SSSR count). The van der Waals surface area contributed by atoms with Crippen LogP contribution in [0.15, 0.2) is 30.3 Å². The molecule has 1 aliphatic rings. The summed E-state index contributed by atoms with van der Waals surface area (Å²) in [6.45, 7) is 2.98. The normalized spacial score (nSPS) is 13.8. The van der Waals surface area contributed by atoms with Crippen LogP contribution in [0.4, 0.5) is 13.6 Å². The maximum atomic E-state index is 13.3. The third kappa shape index (κ3) is 4.80. The van der Waals surface area contributed by atoms with Crippen molar-refractivity contribution in [2.45, 2.75) is 19.4 Å². The molecule has 1 heterocycles. The van der Waals surface area contributed by atoms with Crippen LogP contribution >= 0.6 is 11.6 Å². The van der Waals surface area contributed by atoms with Crippen LogP contribution in [0, 0.1) is 11.6 Å². The van der Waals surface area contributed by atoms with Gasteiger partial charge in [-0.05, 0) is 48.7 Å². The number of nitrogens with one attached hydrogen (secondary N) is 2. The quantitative estimate of drug-likeness (QED) is 0.803. The largest absolute Gasteiger partial charge is 0.486 e. The van der Waals surface area contributed by atoms with E-state index in [0.29, 0.717) is 48.3 Å². The second-order valence-electron chi connectivity index (χ2n) is 6.15. The molecule has 1 unspecified atom stereocenters. The number of benzene rings is 2. The van der Waals surface area contributed by atoms with Crippen molar-refractivity contribution < 1.29 is 23.0 Å². The predicted molar refractivity (Wildman–Crippen MR) is 97.5 cm³/mol. The molecule has 27 heavy (non-hydrogen) atoms. The Hall–Kier alpha value is -2.54. The van der Waals surface area contributed by atoms with E-state index in [4.69, 9.17) is 21.1 Å². The zero-order chi connectivity index (χ0) is 19.4. The summed E-state index contributed by atoms with van der Waals surface area (Å²) in [5.74, 6) is -0.733. The van der Waals surface area contributed by atoms with Gasteiger partial charge in [-0.3, -0.25) is 0 Å². The first kappa shape index (κ1) is 19.2. The third-order valence-electron chi connectivity index (χ3n) is 4.15. The van der Waals surface area contributed by atoms with Crippen molar-refractivity contribution in [1.29, 1.82) is 0 Å². The molecule has 0 radical (unpaired) electrons. The van der Waals surface area contributed by atoms with Crippen molar-refractivity contribution in [1.82, 2.24) is 10.6 Å². The lowest BCUT2D eigenvalue weighted by Crippen LogP contribution is -2.38. The average Bonchev–Trinajstić information content (AvgIpc) is 2.64. The maximum Gasteiger partial charge on any atom is 0.315 e. The summed E-state index contributed by atoms with van der Waals surface area (Å²) in [5, 5.41) is 5.88. The fraction of sp³-hybridized carbons (Fsp3) is 0.316. The number of halogens is 3. The molecule has 0 saturated heterocycles. The Morgan fingerprint density at radius 3 is 2.74 bits per heavy atom. The minimum Gasteiger partial charge on any atom is -0.486 e. The highest BCUT2D eigenvalue weighted by Gasteiger charge is 2.17. The summed E-state index contributed by atoms with van der Waals surface area (Å²) < 4.78 is 37.3. The molecule has 0 bridgehead atoms. The second kappa shape index (κ2) is 8.43. The monoisotopic (exact) mass is 396 g/mol. The Kier molecular flexibility index (Phi) is 6.01. The average molecular weight is 397 g/mol. The minimum atomic E-state index is -0.947. The predicted octanol–water partition coefficient (Wildman–Crippen LogP) is 3.99. The SMILES string of the molecule is CC(NC(=O)NCCc1cc(Cl)c2c(c1)OCCO2)c1ccc(F)c(F)c1. The second-order valence-corrected chi connectivity index (χ2v) is 6.55. The summed E-state index contributed by atoms with van der Waals surface area (Å²) >= 11 is 6.19. The lowest BCUT2D eigenvalue weighted by Gasteiger charge is -2.20. The van der Waals surface area contributed by atoms with Crippen molar-refractivity contribution in [2.75, 3.05) is 19.8 Å². The van der Waals surface area contributed by atoms with E-state index in [-0.39, 0.29) is 0 Å². The fourth-order valence-electron chi connectivity index (χ4n) is 2.74. The number of carbonyl (C=O) groups excluding carboxylic acids is 1. The zero-order valence-corrected chi connectivity index (χ0v) is 15.4. The van der Waals surface area contributed by atoms with Crippen molar-refractivity contribution >= 4 is 17.6 Å². The number of carbonyl (C=O) groups is 1. The lowest BCUT2D eigenvalue weighted by molar-refractivity contribution is 0.171. The maximum absolute atomic E-state index is 13.3. The van der Waals surface area contributed by atoms with Crippen LogP contribution < -0.4 is 20.1 Å². The number of fused-ring (bicyclic) bond motifs is 1. The highest BCUT2D eigenvalue weighted by Crippen LogP contribution is 2.38. The van der Waals surface area contributed by atoms with Gasteiger partial charge >= 0.3 is 6.03 Å². The first-order valence-corrected chi connectivity index (χ1v) is 8.89. The van der Waals surface area contributed by atoms with Gasteiger partial charge in [0.15, 0.2) is 23.1 Å². The van der Waals surface area contributed by atoms with Crippen molar-refractivity contribution in [3.63, 3.8) is 0 Å². The molecule has 1 atom stereocenters. The number of amides is 2. The molecule has 2 aromatic rings. The van der Waals surface area contributed by atoms with Gasteiger partial charge in [-0.15, -0.1) is 0 Å². The van der Waals surface area contributed by atoms with Gasteiger partial charge in [0.2, 0.25) is 0 Å². The molecular weight excluding hydrogens is 378 g/mol. The molecule has 0 fully saturated rings. The van der Waals surface area contributed by atoms with Gasteiger partial charge in [0.1, 0.15) is 13.2 Å². The number of ether oxygens (including phenoxy) is 2. The summed E-state index contributed by atoms with van der Waals surface area (Å²) in [6, 6.07) is 6.27. The van der Waals surface area contributed by atoms with Gasteiger partial charge in [-0.25, -0.2) is 13.6 Å². The van der Waals surface area contributed by atoms with E-state index in [2.05, 4.69) is 10.6 Å². The Labute approximate surface area is 160 Å². The standard InChI is InChI=1S/C19H19ClF2N2O3/c1-11(13-2-3-15(21)16(22)10-13)24-19(25)23-5-4-12-8-14(20)18-17(9-12)26-6-7-27-18/h2-3,8-11H,4-7H2,1H3,(H2,23,24,25). The zero-order valence-electron chi connectivity index (χ0n) is 14.7. The van der Waals surface area contributed by atoms with E-state index in [1.807, 2.05) is 6.07 Å². The van der Waals surface area contributed by atoms with Gasteiger partial charge < -0.3 is 20.1 Å². The van der Waals surface area contributed by atoms with Gasteiger partial charge in [0.05, 0.1) is 11.1 Å². The molecule has 0 saturated carbocycles. The first-order chi connectivity index (χ1) is 12.9. The van der Waals surface area contributed by atoms with Crippen LogP contribution in [-0.2, 0) is 6.42 Å². The van der Waals surface area contributed by atoms with Crippen molar-refractivity contribution in [3.8, 4) is 11.5 Å². The third-order valence-corrected chi connectivity index (χ3v) is 4.43. The first-order valence-electron chi connectivity index (χ1n) is 8.51. The van der Waals surface area contributed by atoms with Crippen LogP contribution in [0.25, 0.3) is 0 Å². The van der Waals surface area contributed by atoms with E-state index in [1.54, 1.807) is 13.0 Å². The molecule has 0 aromatic heterocycles. The fourth-order valence-corrected chi connectivity index (χ4v) is 3.03. The van der Waals surface area contributed by atoms with E-state index in [9.17, 15) is 13.6 Å². The van der Waals surface area contributed by atoms with Crippen molar-refractivity contribution in [3.05, 3.63) is 58.1 Å². The molecule has 0 aliphatic carbocycles. The van der Waals surface area contributed by atoms with Gasteiger partial charge in [-0.2, -0.15) is 0 Å². The number of rotatable bonds is 5. The molecule has 144 valence electrons. The Balaban J connectivity index is 1.51. The molecule has 1 aliphatic heterocycles.